The van der Waals surface area contributed by atoms with Gasteiger partial charge in [0.1, 0.15) is 5.78 Å². The number of benzene rings is 1. The van der Waals surface area contributed by atoms with E-state index in [4.69, 9.17) is 0 Å². The maximum Gasteiger partial charge on any atom is 0.282 e. The molecule has 1 rings (SSSR count). The normalized spacial score (nSPS) is 12.2. The van der Waals surface area contributed by atoms with Crippen LogP contribution in [0.15, 0.2) is 18.2 Å². The molecule has 15 heavy (non-hydrogen) atoms. The lowest BCUT2D eigenvalue weighted by molar-refractivity contribution is -0.385. The highest BCUT2D eigenvalue weighted by Gasteiger charge is 2.21. The van der Waals surface area contributed by atoms with Crippen LogP contribution in [0, 0.1) is 13.7 Å². The third kappa shape index (κ3) is 2.75. The Morgan fingerprint density at radius 1 is 1.60 bits per heavy atom. The number of halogens is 2. The Bertz CT molecular complexity index is 422. The Morgan fingerprint density at radius 2 is 2.20 bits per heavy atom. The molecule has 80 valence electrons. The summed E-state index contributed by atoms with van der Waals surface area (Å²) >= 11 is 5.09. The van der Waals surface area contributed by atoms with Crippen molar-refractivity contribution in [3.05, 3.63) is 37.4 Å². The molecule has 0 aliphatic rings. The highest BCUT2D eigenvalue weighted by Crippen LogP contribution is 2.32. The molecule has 0 saturated heterocycles. The maximum atomic E-state index is 11.2. The number of carbonyl (C=O) groups is 1. The molecule has 0 spiro atoms. The van der Waals surface area contributed by atoms with Gasteiger partial charge in [-0.25, -0.2) is 0 Å². The number of hydrogen-bond acceptors (Lipinski definition) is 3. The van der Waals surface area contributed by atoms with Crippen LogP contribution in [0.2, 0.25) is 0 Å². The van der Waals surface area contributed by atoms with E-state index in [2.05, 4.69) is 15.9 Å². The Kier molecular flexibility index (Phi) is 4.21. The second kappa shape index (κ2) is 5.02. The minimum absolute atomic E-state index is 0.0267. The van der Waals surface area contributed by atoms with E-state index in [0.717, 1.165) is 0 Å². The van der Waals surface area contributed by atoms with Crippen molar-refractivity contribution in [1.82, 2.24) is 0 Å². The highest BCUT2D eigenvalue weighted by molar-refractivity contribution is 14.1. The molecule has 0 N–H and O–H groups in total. The summed E-state index contributed by atoms with van der Waals surface area (Å²) in [6, 6.07) is 4.70. The zero-order chi connectivity index (χ0) is 11.6. The largest absolute Gasteiger partial charge is 0.298 e. The summed E-state index contributed by atoms with van der Waals surface area (Å²) in [6.07, 6.45) is 0. The van der Waals surface area contributed by atoms with Crippen LogP contribution in [-0.4, -0.2) is 10.7 Å². The second-order valence-electron chi connectivity index (χ2n) is 2.91. The first-order valence-electron chi connectivity index (χ1n) is 4.02. The topological polar surface area (TPSA) is 60.2 Å². The minimum atomic E-state index is -0.482. The van der Waals surface area contributed by atoms with E-state index in [-0.39, 0.29) is 11.5 Å². The van der Waals surface area contributed by atoms with E-state index in [1.54, 1.807) is 12.1 Å². The molecule has 0 aliphatic carbocycles. The summed E-state index contributed by atoms with van der Waals surface area (Å²) in [4.78, 5) is 20.9. The lowest BCUT2D eigenvalue weighted by Gasteiger charge is -2.08. The Hall–Kier alpha value is -0.500. The molecule has 0 amide bonds. The van der Waals surface area contributed by atoms with E-state index >= 15 is 0 Å². The molecule has 0 saturated carbocycles. The second-order valence-corrected chi connectivity index (χ2v) is 4.91. The van der Waals surface area contributed by atoms with Gasteiger partial charge in [-0.15, -0.1) is 0 Å². The van der Waals surface area contributed by atoms with E-state index in [9.17, 15) is 14.9 Å². The van der Waals surface area contributed by atoms with Crippen molar-refractivity contribution in [2.24, 2.45) is 0 Å². The van der Waals surface area contributed by atoms with Gasteiger partial charge in [-0.05, 0) is 35.1 Å². The van der Waals surface area contributed by atoms with Gasteiger partial charge in [0, 0.05) is 6.07 Å². The molecule has 1 aromatic carbocycles. The van der Waals surface area contributed by atoms with E-state index in [0.29, 0.717) is 9.13 Å². The number of ketones is 1. The summed E-state index contributed by atoms with van der Waals surface area (Å²) in [5.41, 5.74) is 0.663. The van der Waals surface area contributed by atoms with Crippen molar-refractivity contribution in [3.63, 3.8) is 0 Å². The first-order valence-corrected chi connectivity index (χ1v) is 6.02. The Morgan fingerprint density at radius 3 is 2.67 bits per heavy atom. The lowest BCUT2D eigenvalue weighted by Crippen LogP contribution is -2.04. The first-order chi connectivity index (χ1) is 6.95. The van der Waals surface area contributed by atoms with Gasteiger partial charge in [0.2, 0.25) is 0 Å². The van der Waals surface area contributed by atoms with Gasteiger partial charge < -0.3 is 0 Å². The molecular weight excluding hydrogens is 377 g/mol. The molecule has 1 aromatic rings. The van der Waals surface area contributed by atoms with Crippen molar-refractivity contribution in [3.8, 4) is 0 Å². The third-order valence-electron chi connectivity index (χ3n) is 1.83. The zero-order valence-corrected chi connectivity index (χ0v) is 11.5. The standard InChI is InChI=1S/C9H7BrINO3/c1-5(13)8(10)6-3-2-4-7(9(6)11)12(14)15/h2-4,8H,1H3. The number of alkyl halides is 1. The summed E-state index contributed by atoms with van der Waals surface area (Å²) < 4.78 is 0.497. The molecule has 1 unspecified atom stereocenters. The summed E-state index contributed by atoms with van der Waals surface area (Å²) in [7, 11) is 0. The summed E-state index contributed by atoms with van der Waals surface area (Å²) in [6.45, 7) is 1.44. The van der Waals surface area contributed by atoms with E-state index < -0.39 is 9.75 Å². The average Bonchev–Trinajstić information content (AvgIpc) is 2.16. The van der Waals surface area contributed by atoms with Crippen LogP contribution in [0.5, 0.6) is 0 Å². The van der Waals surface area contributed by atoms with E-state index in [1.165, 1.54) is 13.0 Å². The number of Topliss-reactive ketones (excluding diaryl/α,β-unsaturated/α-hetero) is 1. The monoisotopic (exact) mass is 383 g/mol. The summed E-state index contributed by atoms with van der Waals surface area (Å²) in [5.74, 6) is -0.0755. The van der Waals surface area contributed by atoms with Crippen LogP contribution in [0.3, 0.4) is 0 Å². The lowest BCUT2D eigenvalue weighted by atomic mass is 10.1. The third-order valence-corrected chi connectivity index (χ3v) is 4.15. The van der Waals surface area contributed by atoms with E-state index in [1.807, 2.05) is 22.6 Å². The number of nitro groups is 1. The zero-order valence-electron chi connectivity index (χ0n) is 7.74. The quantitative estimate of drug-likeness (QED) is 0.348. The van der Waals surface area contributed by atoms with Gasteiger partial charge in [-0.2, -0.15) is 0 Å². The highest BCUT2D eigenvalue weighted by atomic mass is 127. The van der Waals surface area contributed by atoms with Gasteiger partial charge in [0.05, 0.1) is 13.3 Å². The van der Waals surface area contributed by atoms with Crippen molar-refractivity contribution < 1.29 is 9.72 Å². The maximum absolute atomic E-state index is 11.2. The molecule has 0 aromatic heterocycles. The fourth-order valence-electron chi connectivity index (χ4n) is 1.09. The number of nitrogens with zero attached hydrogens (tertiary/aromatic N) is 1. The molecule has 0 bridgehead atoms. The molecule has 6 heteroatoms. The van der Waals surface area contributed by atoms with Crippen LogP contribution in [0.4, 0.5) is 5.69 Å². The first kappa shape index (κ1) is 12.6. The number of rotatable bonds is 3. The number of carbonyl (C=O) groups excluding carboxylic acids is 1. The summed E-state index contributed by atoms with van der Waals surface area (Å²) in [5, 5.41) is 10.7. The molecule has 0 fully saturated rings. The van der Waals surface area contributed by atoms with Crippen LogP contribution < -0.4 is 0 Å². The smallest absolute Gasteiger partial charge is 0.282 e. The van der Waals surface area contributed by atoms with Crippen molar-refractivity contribution in [1.29, 1.82) is 0 Å². The minimum Gasteiger partial charge on any atom is -0.298 e. The molecule has 1 atom stereocenters. The van der Waals surface area contributed by atoms with Gasteiger partial charge in [-0.1, -0.05) is 28.1 Å². The van der Waals surface area contributed by atoms with Crippen molar-refractivity contribution >= 4 is 50.0 Å². The predicted molar refractivity (Wildman–Crippen MR) is 68.2 cm³/mol. The van der Waals surface area contributed by atoms with Crippen LogP contribution in [0.1, 0.15) is 17.3 Å². The van der Waals surface area contributed by atoms with Crippen LogP contribution in [-0.2, 0) is 4.79 Å². The molecule has 0 aliphatic heterocycles. The fourth-order valence-corrected chi connectivity index (χ4v) is 2.77. The molecular formula is C9H7BrINO3. The Labute approximate surface area is 108 Å². The van der Waals surface area contributed by atoms with Crippen LogP contribution in [0.25, 0.3) is 0 Å². The average molecular weight is 384 g/mol. The van der Waals surface area contributed by atoms with Gasteiger partial charge in [0.25, 0.3) is 5.69 Å². The molecule has 0 heterocycles. The number of hydrogen-bond donors (Lipinski definition) is 0. The van der Waals surface area contributed by atoms with Crippen molar-refractivity contribution in [2.45, 2.75) is 11.8 Å². The Balaban J connectivity index is 3.26. The van der Waals surface area contributed by atoms with Crippen molar-refractivity contribution in [2.75, 3.05) is 0 Å². The fraction of sp³-hybridized carbons (Fsp3) is 0.222. The van der Waals surface area contributed by atoms with Gasteiger partial charge in [0.15, 0.2) is 0 Å². The molecule has 4 nitrogen and oxygen atoms in total. The molecule has 0 radical (unpaired) electrons. The van der Waals surface area contributed by atoms with Gasteiger partial charge >= 0.3 is 0 Å². The number of nitro benzene ring substituents is 1. The van der Waals surface area contributed by atoms with Crippen LogP contribution >= 0.6 is 38.5 Å². The van der Waals surface area contributed by atoms with Gasteiger partial charge in [-0.3, -0.25) is 14.9 Å². The SMILES string of the molecule is CC(=O)C(Br)c1cccc([N+](=O)[O-])c1I. The predicted octanol–water partition coefficient (Wildman–Crippen LogP) is 3.22.